The average molecular weight is 486 g/mol. The van der Waals surface area contributed by atoms with E-state index in [0.717, 1.165) is 20.8 Å². The van der Waals surface area contributed by atoms with Crippen molar-refractivity contribution in [3.05, 3.63) is 109 Å². The van der Waals surface area contributed by atoms with Crippen molar-refractivity contribution < 1.29 is 13.2 Å². The highest BCUT2D eigenvalue weighted by Gasteiger charge is 2.19. The highest BCUT2D eigenvalue weighted by molar-refractivity contribution is 7.92. The van der Waals surface area contributed by atoms with E-state index in [0.29, 0.717) is 5.69 Å². The molecule has 1 amide bonds. The minimum Gasteiger partial charge on any atom is -0.321 e. The first-order valence-corrected chi connectivity index (χ1v) is 12.7. The van der Waals surface area contributed by atoms with Gasteiger partial charge in [0.15, 0.2) is 0 Å². The standard InChI is InChI=1S/C26H19N3O3S2/c30-25(19-12-4-7-15-22(19)29-34(31,32)18-10-2-1-3-11-18)27-21-14-6-5-13-20(21)26-28-23-16-8-9-17-24(23)33-26/h1-17,29H,(H,27,30). The molecule has 1 heterocycles. The number of sulfonamides is 1. The maximum absolute atomic E-state index is 13.3. The Labute approximate surface area is 201 Å². The molecule has 0 aliphatic carbocycles. The second kappa shape index (κ2) is 9.09. The first-order chi connectivity index (χ1) is 16.5. The molecule has 1 aromatic heterocycles. The Morgan fingerprint density at radius 2 is 1.38 bits per heavy atom. The van der Waals surface area contributed by atoms with E-state index in [-0.39, 0.29) is 16.1 Å². The van der Waals surface area contributed by atoms with E-state index in [1.54, 1.807) is 59.9 Å². The Balaban J connectivity index is 1.45. The van der Waals surface area contributed by atoms with Gasteiger partial charge in [0.25, 0.3) is 15.9 Å². The molecule has 0 unspecified atom stereocenters. The van der Waals surface area contributed by atoms with Crippen molar-refractivity contribution in [1.82, 2.24) is 4.98 Å². The number of thiazole rings is 1. The fraction of sp³-hybridized carbons (Fsp3) is 0. The molecule has 5 aromatic rings. The fourth-order valence-electron chi connectivity index (χ4n) is 3.53. The summed E-state index contributed by atoms with van der Waals surface area (Å²) in [6.45, 7) is 0. The van der Waals surface area contributed by atoms with Crippen molar-refractivity contribution in [2.24, 2.45) is 0 Å². The van der Waals surface area contributed by atoms with Crippen molar-refractivity contribution in [2.75, 3.05) is 10.0 Å². The van der Waals surface area contributed by atoms with E-state index in [1.807, 2.05) is 42.5 Å². The first kappa shape index (κ1) is 21.8. The lowest BCUT2D eigenvalue weighted by molar-refractivity contribution is 0.102. The number of carbonyl (C=O) groups is 1. The quantitative estimate of drug-likeness (QED) is 0.308. The van der Waals surface area contributed by atoms with Gasteiger partial charge in [0, 0.05) is 5.56 Å². The summed E-state index contributed by atoms with van der Waals surface area (Å²) in [4.78, 5) is 18.1. The summed E-state index contributed by atoms with van der Waals surface area (Å²) in [7, 11) is -3.85. The molecule has 8 heteroatoms. The Bertz CT molecular complexity index is 1560. The molecule has 0 aliphatic rings. The first-order valence-electron chi connectivity index (χ1n) is 10.4. The van der Waals surface area contributed by atoms with E-state index < -0.39 is 15.9 Å². The average Bonchev–Trinajstić information content (AvgIpc) is 3.29. The second-order valence-electron chi connectivity index (χ2n) is 7.45. The monoisotopic (exact) mass is 485 g/mol. The van der Waals surface area contributed by atoms with Crippen LogP contribution in [-0.4, -0.2) is 19.3 Å². The lowest BCUT2D eigenvalue weighted by Crippen LogP contribution is -2.18. The van der Waals surface area contributed by atoms with Crippen LogP contribution in [0.25, 0.3) is 20.8 Å². The van der Waals surface area contributed by atoms with Gasteiger partial charge < -0.3 is 5.32 Å². The molecule has 0 aliphatic heterocycles. The normalized spacial score (nSPS) is 11.3. The summed E-state index contributed by atoms with van der Waals surface area (Å²) in [6, 6.07) is 29.8. The van der Waals surface area contributed by atoms with Crippen LogP contribution in [0.1, 0.15) is 10.4 Å². The molecular weight excluding hydrogens is 466 g/mol. The predicted octanol–water partition coefficient (Wildman–Crippen LogP) is 6.02. The summed E-state index contributed by atoms with van der Waals surface area (Å²) in [5.41, 5.74) is 2.68. The molecule has 0 bridgehead atoms. The Kier molecular flexibility index (Phi) is 5.83. The van der Waals surface area contributed by atoms with Gasteiger partial charge in [-0.25, -0.2) is 13.4 Å². The van der Waals surface area contributed by atoms with E-state index in [2.05, 4.69) is 10.0 Å². The fourth-order valence-corrected chi connectivity index (χ4v) is 5.64. The van der Waals surface area contributed by atoms with E-state index in [1.165, 1.54) is 12.1 Å². The molecule has 4 aromatic carbocycles. The summed E-state index contributed by atoms with van der Waals surface area (Å²) in [5, 5.41) is 3.72. The van der Waals surface area contributed by atoms with Gasteiger partial charge in [0.2, 0.25) is 0 Å². The zero-order valence-electron chi connectivity index (χ0n) is 17.8. The van der Waals surface area contributed by atoms with Gasteiger partial charge in [0.05, 0.1) is 32.1 Å². The van der Waals surface area contributed by atoms with Crippen LogP contribution in [0, 0.1) is 0 Å². The number of carbonyl (C=O) groups excluding carboxylic acids is 1. The van der Waals surface area contributed by atoms with E-state index in [9.17, 15) is 13.2 Å². The highest BCUT2D eigenvalue weighted by Crippen LogP contribution is 2.34. The molecule has 0 saturated carbocycles. The van der Waals surface area contributed by atoms with Crippen LogP contribution in [0.3, 0.4) is 0 Å². The number of amides is 1. The topological polar surface area (TPSA) is 88.2 Å². The molecule has 0 fully saturated rings. The van der Waals surface area contributed by atoms with Crippen LogP contribution in [0.5, 0.6) is 0 Å². The molecule has 0 saturated heterocycles. The second-order valence-corrected chi connectivity index (χ2v) is 10.2. The van der Waals surface area contributed by atoms with Gasteiger partial charge in [-0.3, -0.25) is 9.52 Å². The molecule has 34 heavy (non-hydrogen) atoms. The van der Waals surface area contributed by atoms with Crippen LogP contribution in [0.15, 0.2) is 108 Å². The number of benzene rings is 4. The number of fused-ring (bicyclic) bond motifs is 1. The van der Waals surface area contributed by atoms with Crippen molar-refractivity contribution in [2.45, 2.75) is 4.90 Å². The number of hydrogen-bond acceptors (Lipinski definition) is 5. The third-order valence-electron chi connectivity index (χ3n) is 5.17. The summed E-state index contributed by atoms with van der Waals surface area (Å²) < 4.78 is 29.2. The molecular formula is C26H19N3O3S2. The number of nitrogens with one attached hydrogen (secondary N) is 2. The van der Waals surface area contributed by atoms with Gasteiger partial charge in [-0.15, -0.1) is 11.3 Å². The van der Waals surface area contributed by atoms with Crippen molar-refractivity contribution in [3.63, 3.8) is 0 Å². The number of para-hydroxylation sites is 3. The Morgan fingerprint density at radius 3 is 2.18 bits per heavy atom. The molecule has 0 radical (unpaired) electrons. The maximum Gasteiger partial charge on any atom is 0.261 e. The number of rotatable bonds is 6. The van der Waals surface area contributed by atoms with Gasteiger partial charge in [-0.05, 0) is 48.5 Å². The minimum atomic E-state index is -3.85. The van der Waals surface area contributed by atoms with Crippen LogP contribution in [0.2, 0.25) is 0 Å². The number of hydrogen-bond donors (Lipinski definition) is 2. The summed E-state index contributed by atoms with van der Waals surface area (Å²) in [5.74, 6) is -0.431. The number of anilines is 2. The Morgan fingerprint density at radius 1 is 0.735 bits per heavy atom. The maximum atomic E-state index is 13.3. The lowest BCUT2D eigenvalue weighted by Gasteiger charge is -2.14. The lowest BCUT2D eigenvalue weighted by atomic mass is 10.1. The van der Waals surface area contributed by atoms with Crippen molar-refractivity contribution >= 4 is 48.9 Å². The molecule has 0 spiro atoms. The van der Waals surface area contributed by atoms with Crippen LogP contribution < -0.4 is 10.0 Å². The smallest absolute Gasteiger partial charge is 0.261 e. The number of nitrogens with zero attached hydrogens (tertiary/aromatic N) is 1. The van der Waals surface area contributed by atoms with Crippen LogP contribution in [0.4, 0.5) is 11.4 Å². The third-order valence-corrected chi connectivity index (χ3v) is 7.62. The molecule has 2 N–H and O–H groups in total. The van der Waals surface area contributed by atoms with E-state index in [4.69, 9.17) is 4.98 Å². The number of aromatic nitrogens is 1. The zero-order chi connectivity index (χ0) is 23.5. The minimum absolute atomic E-state index is 0.117. The molecule has 6 nitrogen and oxygen atoms in total. The SMILES string of the molecule is O=C(Nc1ccccc1-c1nc2ccccc2s1)c1ccccc1NS(=O)(=O)c1ccccc1. The predicted molar refractivity (Wildman–Crippen MR) is 137 cm³/mol. The largest absolute Gasteiger partial charge is 0.321 e. The van der Waals surface area contributed by atoms with Crippen LogP contribution >= 0.6 is 11.3 Å². The van der Waals surface area contributed by atoms with Crippen molar-refractivity contribution in [3.8, 4) is 10.6 Å². The molecule has 0 atom stereocenters. The van der Waals surface area contributed by atoms with Gasteiger partial charge in [-0.1, -0.05) is 54.6 Å². The Hall–Kier alpha value is -4.01. The van der Waals surface area contributed by atoms with Gasteiger partial charge >= 0.3 is 0 Å². The highest BCUT2D eigenvalue weighted by atomic mass is 32.2. The summed E-state index contributed by atoms with van der Waals surface area (Å²) in [6.07, 6.45) is 0. The third kappa shape index (κ3) is 4.41. The van der Waals surface area contributed by atoms with E-state index >= 15 is 0 Å². The van der Waals surface area contributed by atoms with Gasteiger partial charge in [-0.2, -0.15) is 0 Å². The summed E-state index contributed by atoms with van der Waals surface area (Å²) >= 11 is 1.54. The molecule has 5 rings (SSSR count). The van der Waals surface area contributed by atoms with Gasteiger partial charge in [0.1, 0.15) is 5.01 Å². The zero-order valence-corrected chi connectivity index (χ0v) is 19.4. The van der Waals surface area contributed by atoms with Crippen LogP contribution in [-0.2, 0) is 10.0 Å². The van der Waals surface area contributed by atoms with Crippen molar-refractivity contribution in [1.29, 1.82) is 0 Å². The molecule has 168 valence electrons.